The number of phenols is 1. The molecule has 0 saturated carbocycles. The Balaban J connectivity index is 0.00000161. The molecule has 0 amide bonds. The van der Waals surface area contributed by atoms with Gasteiger partial charge in [-0.25, -0.2) is 0 Å². The summed E-state index contributed by atoms with van der Waals surface area (Å²) >= 11 is 3.43. The van der Waals surface area contributed by atoms with Crippen LogP contribution >= 0.6 is 28.3 Å². The summed E-state index contributed by atoms with van der Waals surface area (Å²) in [6.07, 6.45) is 1.02. The summed E-state index contributed by atoms with van der Waals surface area (Å²) in [7, 11) is 2.16. The topological polar surface area (TPSA) is 23.5 Å². The Labute approximate surface area is 140 Å². The van der Waals surface area contributed by atoms with Crippen LogP contribution < -0.4 is 0 Å². The molecule has 0 aromatic heterocycles. The number of hydrogen-bond donors (Lipinski definition) is 1. The molecular weight excluding hydrogens is 350 g/mol. The van der Waals surface area contributed by atoms with Crippen LogP contribution in [0.1, 0.15) is 22.6 Å². The van der Waals surface area contributed by atoms with Crippen molar-refractivity contribution in [3.63, 3.8) is 0 Å². The van der Waals surface area contributed by atoms with Crippen molar-refractivity contribution in [2.24, 2.45) is 0 Å². The molecule has 1 N–H and O–H groups in total. The van der Waals surface area contributed by atoms with Gasteiger partial charge in [-0.3, -0.25) is 0 Å². The van der Waals surface area contributed by atoms with Gasteiger partial charge in [0.15, 0.2) is 0 Å². The molecule has 0 bridgehead atoms. The van der Waals surface area contributed by atoms with Crippen LogP contribution in [0.15, 0.2) is 46.9 Å². The SMILES string of the molecule is CN1CCc2cc(Br)c(O)cc2[C@@H](c2ccccc2)C1.Cl. The predicted molar refractivity (Wildman–Crippen MR) is 92.5 cm³/mol. The molecular formula is C17H19BrClNO. The van der Waals surface area contributed by atoms with Crippen LogP contribution in [0.3, 0.4) is 0 Å². The third-order valence-corrected chi connectivity index (χ3v) is 4.68. The van der Waals surface area contributed by atoms with E-state index in [4.69, 9.17) is 0 Å². The molecule has 1 atom stereocenters. The van der Waals surface area contributed by atoms with E-state index in [1.54, 1.807) is 0 Å². The van der Waals surface area contributed by atoms with Crippen molar-refractivity contribution in [3.05, 3.63) is 63.6 Å². The van der Waals surface area contributed by atoms with Gasteiger partial charge in [0.2, 0.25) is 0 Å². The van der Waals surface area contributed by atoms with Crippen molar-refractivity contribution in [1.82, 2.24) is 4.90 Å². The zero-order valence-corrected chi connectivity index (χ0v) is 14.3. The van der Waals surface area contributed by atoms with Crippen LogP contribution in [0.25, 0.3) is 0 Å². The molecule has 21 heavy (non-hydrogen) atoms. The molecule has 2 nitrogen and oxygen atoms in total. The molecule has 0 aliphatic carbocycles. The molecule has 1 aliphatic rings. The van der Waals surface area contributed by atoms with E-state index in [0.29, 0.717) is 11.7 Å². The summed E-state index contributed by atoms with van der Waals surface area (Å²) in [5, 5.41) is 10.0. The molecule has 1 aliphatic heterocycles. The van der Waals surface area contributed by atoms with Crippen LogP contribution in [0.5, 0.6) is 5.75 Å². The molecule has 0 spiro atoms. The second-order valence-electron chi connectivity index (χ2n) is 5.48. The van der Waals surface area contributed by atoms with Crippen molar-refractivity contribution >= 4 is 28.3 Å². The minimum Gasteiger partial charge on any atom is -0.507 e. The fourth-order valence-electron chi connectivity index (χ4n) is 2.94. The van der Waals surface area contributed by atoms with E-state index in [0.717, 1.165) is 24.0 Å². The monoisotopic (exact) mass is 367 g/mol. The van der Waals surface area contributed by atoms with E-state index in [9.17, 15) is 5.11 Å². The van der Waals surface area contributed by atoms with Gasteiger partial charge in [-0.2, -0.15) is 0 Å². The molecule has 0 fully saturated rings. The maximum atomic E-state index is 10.0. The molecule has 2 aromatic rings. The number of nitrogens with zero attached hydrogens (tertiary/aromatic N) is 1. The maximum absolute atomic E-state index is 10.0. The predicted octanol–water partition coefficient (Wildman–Crippen LogP) is 4.20. The summed E-state index contributed by atoms with van der Waals surface area (Å²) in [5.74, 6) is 0.645. The van der Waals surface area contributed by atoms with Crippen LogP contribution in [-0.2, 0) is 6.42 Å². The lowest BCUT2D eigenvalue weighted by Gasteiger charge is -2.22. The normalized spacial score (nSPS) is 18.5. The van der Waals surface area contributed by atoms with E-state index in [1.165, 1.54) is 16.7 Å². The number of halogens is 2. The lowest BCUT2D eigenvalue weighted by atomic mass is 9.88. The van der Waals surface area contributed by atoms with Crippen LogP contribution in [0.2, 0.25) is 0 Å². The number of benzene rings is 2. The van der Waals surface area contributed by atoms with Crippen LogP contribution in [-0.4, -0.2) is 30.1 Å². The lowest BCUT2D eigenvalue weighted by molar-refractivity contribution is 0.338. The fourth-order valence-corrected chi connectivity index (χ4v) is 3.33. The van der Waals surface area contributed by atoms with Gasteiger partial charge in [-0.05, 0) is 58.2 Å². The van der Waals surface area contributed by atoms with Gasteiger partial charge in [0.25, 0.3) is 0 Å². The third-order valence-electron chi connectivity index (χ3n) is 4.04. The van der Waals surface area contributed by atoms with Crippen LogP contribution in [0, 0.1) is 0 Å². The summed E-state index contributed by atoms with van der Waals surface area (Å²) < 4.78 is 0.785. The number of aromatic hydroxyl groups is 1. The molecule has 2 aromatic carbocycles. The Bertz CT molecular complexity index is 618. The Hall–Kier alpha value is -1.03. The fraction of sp³-hybridized carbons (Fsp3) is 0.294. The first-order chi connectivity index (χ1) is 9.65. The zero-order chi connectivity index (χ0) is 14.1. The summed E-state index contributed by atoms with van der Waals surface area (Å²) in [4.78, 5) is 2.36. The first-order valence-corrected chi connectivity index (χ1v) is 7.69. The summed E-state index contributed by atoms with van der Waals surface area (Å²) in [5.41, 5.74) is 3.89. The molecule has 0 radical (unpaired) electrons. The quantitative estimate of drug-likeness (QED) is 0.815. The molecule has 112 valence electrons. The van der Waals surface area contributed by atoms with E-state index < -0.39 is 0 Å². The number of rotatable bonds is 1. The second-order valence-corrected chi connectivity index (χ2v) is 6.33. The molecule has 0 saturated heterocycles. The Morgan fingerprint density at radius 1 is 1.19 bits per heavy atom. The summed E-state index contributed by atoms with van der Waals surface area (Å²) in [6.45, 7) is 2.03. The van der Waals surface area contributed by atoms with E-state index >= 15 is 0 Å². The Morgan fingerprint density at radius 3 is 2.62 bits per heavy atom. The van der Waals surface area contributed by atoms with Crippen LogP contribution in [0.4, 0.5) is 0 Å². The molecule has 4 heteroatoms. The number of phenolic OH excluding ortho intramolecular Hbond substituents is 1. The molecule has 1 heterocycles. The average Bonchev–Trinajstić information content (AvgIpc) is 2.61. The largest absolute Gasteiger partial charge is 0.507 e. The standard InChI is InChI=1S/C17H18BrNO.ClH/c1-19-8-7-13-9-16(18)17(20)10-14(13)15(11-19)12-5-3-2-4-6-12;/h2-6,9-10,15,20H,7-8,11H2,1H3;1H/t15-;/m1./s1. The lowest BCUT2D eigenvalue weighted by Crippen LogP contribution is -2.24. The van der Waals surface area contributed by atoms with Crippen molar-refractivity contribution < 1.29 is 5.11 Å². The van der Waals surface area contributed by atoms with Crippen molar-refractivity contribution in [2.75, 3.05) is 20.1 Å². The molecule has 0 unspecified atom stereocenters. The minimum absolute atomic E-state index is 0. The van der Waals surface area contributed by atoms with Gasteiger partial charge in [0.1, 0.15) is 5.75 Å². The second kappa shape index (κ2) is 6.82. The highest BCUT2D eigenvalue weighted by atomic mass is 79.9. The minimum atomic E-state index is 0. The van der Waals surface area contributed by atoms with Gasteiger partial charge in [-0.1, -0.05) is 30.3 Å². The van der Waals surface area contributed by atoms with Gasteiger partial charge < -0.3 is 10.0 Å². The van der Waals surface area contributed by atoms with Crippen molar-refractivity contribution in [3.8, 4) is 5.75 Å². The Morgan fingerprint density at radius 2 is 1.90 bits per heavy atom. The highest BCUT2D eigenvalue weighted by Gasteiger charge is 2.24. The Kier molecular flexibility index (Phi) is 5.31. The zero-order valence-electron chi connectivity index (χ0n) is 11.9. The molecule has 3 rings (SSSR count). The van der Waals surface area contributed by atoms with E-state index in [-0.39, 0.29) is 12.4 Å². The number of hydrogen-bond acceptors (Lipinski definition) is 2. The third kappa shape index (κ3) is 3.42. The van der Waals surface area contributed by atoms with Gasteiger partial charge >= 0.3 is 0 Å². The van der Waals surface area contributed by atoms with E-state index in [1.807, 2.05) is 12.1 Å². The highest BCUT2D eigenvalue weighted by molar-refractivity contribution is 9.10. The number of likely N-dealkylation sites (N-methyl/N-ethyl adjacent to an activating group) is 1. The smallest absolute Gasteiger partial charge is 0.130 e. The van der Waals surface area contributed by atoms with Crippen molar-refractivity contribution in [2.45, 2.75) is 12.3 Å². The van der Waals surface area contributed by atoms with Crippen molar-refractivity contribution in [1.29, 1.82) is 0 Å². The van der Waals surface area contributed by atoms with Gasteiger partial charge in [0.05, 0.1) is 4.47 Å². The first-order valence-electron chi connectivity index (χ1n) is 6.90. The number of fused-ring (bicyclic) bond motifs is 1. The first kappa shape index (κ1) is 16.3. The summed E-state index contributed by atoms with van der Waals surface area (Å²) in [6, 6.07) is 14.6. The highest BCUT2D eigenvalue weighted by Crippen LogP contribution is 2.36. The average molecular weight is 369 g/mol. The van der Waals surface area contributed by atoms with Gasteiger partial charge in [-0.15, -0.1) is 12.4 Å². The van der Waals surface area contributed by atoms with Gasteiger partial charge in [0, 0.05) is 19.0 Å². The maximum Gasteiger partial charge on any atom is 0.130 e. The van der Waals surface area contributed by atoms with E-state index in [2.05, 4.69) is 58.2 Å².